The molecular weight excluding hydrogens is 214 g/mol. The Hall–Kier alpha value is -0.160. The average Bonchev–Trinajstić information content (AvgIpc) is 2.30. The molecule has 1 saturated heterocycles. The van der Waals surface area contributed by atoms with Crippen molar-refractivity contribution in [3.63, 3.8) is 0 Å². The maximum atomic E-state index is 10.00. The van der Waals surface area contributed by atoms with Gasteiger partial charge in [0.25, 0.3) is 0 Å². The van der Waals surface area contributed by atoms with Gasteiger partial charge in [0, 0.05) is 38.8 Å². The first-order valence-electron chi connectivity index (χ1n) is 6.87. The lowest BCUT2D eigenvalue weighted by Gasteiger charge is -2.40. The molecule has 2 unspecified atom stereocenters. The Kier molecular flexibility index (Phi) is 5.86. The van der Waals surface area contributed by atoms with Gasteiger partial charge in [0.2, 0.25) is 0 Å². The SMILES string of the molecule is CCCN1CCN(C(C)CC(C)(O)CN)CC1. The predicted octanol–water partition coefficient (Wildman–Crippen LogP) is 0.502. The normalized spacial score (nSPS) is 24.5. The van der Waals surface area contributed by atoms with Crippen LogP contribution in [-0.4, -0.2) is 65.8 Å². The van der Waals surface area contributed by atoms with Crippen molar-refractivity contribution in [3.8, 4) is 0 Å². The minimum Gasteiger partial charge on any atom is -0.389 e. The van der Waals surface area contributed by atoms with Gasteiger partial charge < -0.3 is 15.7 Å². The summed E-state index contributed by atoms with van der Waals surface area (Å²) >= 11 is 0. The zero-order valence-corrected chi connectivity index (χ0v) is 11.7. The minimum absolute atomic E-state index is 0.340. The molecule has 1 aliphatic heterocycles. The van der Waals surface area contributed by atoms with E-state index < -0.39 is 5.60 Å². The molecule has 1 fully saturated rings. The van der Waals surface area contributed by atoms with Crippen LogP contribution in [0.3, 0.4) is 0 Å². The van der Waals surface area contributed by atoms with Crippen molar-refractivity contribution >= 4 is 0 Å². The predicted molar refractivity (Wildman–Crippen MR) is 72.1 cm³/mol. The highest BCUT2D eigenvalue weighted by Crippen LogP contribution is 2.16. The molecule has 0 radical (unpaired) electrons. The van der Waals surface area contributed by atoms with E-state index in [0.29, 0.717) is 12.6 Å². The first-order valence-corrected chi connectivity index (χ1v) is 6.87. The summed E-state index contributed by atoms with van der Waals surface area (Å²) in [5, 5.41) is 10.00. The van der Waals surface area contributed by atoms with E-state index in [0.717, 1.165) is 32.6 Å². The molecule has 0 bridgehead atoms. The molecule has 0 spiro atoms. The smallest absolute Gasteiger partial charge is 0.0756 e. The van der Waals surface area contributed by atoms with Crippen molar-refractivity contribution in [2.75, 3.05) is 39.3 Å². The lowest BCUT2D eigenvalue weighted by Crippen LogP contribution is -2.52. The number of piperazine rings is 1. The summed E-state index contributed by atoms with van der Waals surface area (Å²) in [4.78, 5) is 4.99. The molecule has 3 N–H and O–H groups in total. The van der Waals surface area contributed by atoms with Gasteiger partial charge in [-0.2, -0.15) is 0 Å². The molecule has 4 heteroatoms. The number of hydrogen-bond donors (Lipinski definition) is 2. The van der Waals surface area contributed by atoms with Crippen LogP contribution in [0.15, 0.2) is 0 Å². The van der Waals surface area contributed by atoms with E-state index in [-0.39, 0.29) is 0 Å². The van der Waals surface area contributed by atoms with Crippen LogP contribution in [0.4, 0.5) is 0 Å². The topological polar surface area (TPSA) is 52.7 Å². The van der Waals surface area contributed by atoms with E-state index >= 15 is 0 Å². The molecule has 1 rings (SSSR count). The Morgan fingerprint density at radius 2 is 1.88 bits per heavy atom. The monoisotopic (exact) mass is 243 g/mol. The van der Waals surface area contributed by atoms with Gasteiger partial charge in [0.05, 0.1) is 5.60 Å². The van der Waals surface area contributed by atoms with Gasteiger partial charge in [-0.05, 0) is 33.2 Å². The molecule has 0 aliphatic carbocycles. The van der Waals surface area contributed by atoms with Gasteiger partial charge in [-0.1, -0.05) is 6.92 Å². The average molecular weight is 243 g/mol. The molecule has 0 amide bonds. The number of rotatable bonds is 6. The van der Waals surface area contributed by atoms with Crippen molar-refractivity contribution in [2.45, 2.75) is 45.3 Å². The summed E-state index contributed by atoms with van der Waals surface area (Å²) in [5.74, 6) is 0. The third-order valence-corrected chi connectivity index (χ3v) is 3.74. The van der Waals surface area contributed by atoms with Gasteiger partial charge in [0.15, 0.2) is 0 Å². The summed E-state index contributed by atoms with van der Waals surface area (Å²) in [5.41, 5.74) is 4.85. The van der Waals surface area contributed by atoms with Crippen molar-refractivity contribution in [1.29, 1.82) is 0 Å². The van der Waals surface area contributed by atoms with Gasteiger partial charge >= 0.3 is 0 Å². The van der Waals surface area contributed by atoms with Crippen molar-refractivity contribution in [3.05, 3.63) is 0 Å². The highest BCUT2D eigenvalue weighted by Gasteiger charge is 2.27. The molecule has 4 nitrogen and oxygen atoms in total. The van der Waals surface area contributed by atoms with E-state index in [1.807, 2.05) is 6.92 Å². The molecular formula is C13H29N3O. The van der Waals surface area contributed by atoms with Gasteiger partial charge in [-0.15, -0.1) is 0 Å². The molecule has 102 valence electrons. The summed E-state index contributed by atoms with van der Waals surface area (Å²) in [6.45, 7) is 12.3. The van der Waals surface area contributed by atoms with Crippen LogP contribution in [0.25, 0.3) is 0 Å². The number of aliphatic hydroxyl groups is 1. The third-order valence-electron chi connectivity index (χ3n) is 3.74. The lowest BCUT2D eigenvalue weighted by molar-refractivity contribution is 0.0161. The first kappa shape index (κ1) is 14.9. The second kappa shape index (κ2) is 6.69. The van der Waals surface area contributed by atoms with E-state index in [1.54, 1.807) is 0 Å². The molecule has 1 aliphatic rings. The number of hydrogen-bond acceptors (Lipinski definition) is 4. The lowest BCUT2D eigenvalue weighted by atomic mass is 9.96. The van der Waals surface area contributed by atoms with E-state index in [1.165, 1.54) is 13.0 Å². The Morgan fingerprint density at radius 1 is 1.29 bits per heavy atom. The van der Waals surface area contributed by atoms with E-state index in [4.69, 9.17) is 5.73 Å². The fourth-order valence-electron chi connectivity index (χ4n) is 2.59. The van der Waals surface area contributed by atoms with Crippen LogP contribution in [0, 0.1) is 0 Å². The third kappa shape index (κ3) is 4.92. The van der Waals surface area contributed by atoms with Crippen LogP contribution >= 0.6 is 0 Å². The van der Waals surface area contributed by atoms with Gasteiger partial charge in [-0.3, -0.25) is 4.90 Å². The van der Waals surface area contributed by atoms with Crippen LogP contribution < -0.4 is 5.73 Å². The van der Waals surface area contributed by atoms with Crippen LogP contribution in [0.1, 0.15) is 33.6 Å². The Morgan fingerprint density at radius 3 is 2.35 bits per heavy atom. The van der Waals surface area contributed by atoms with Crippen LogP contribution in [0.2, 0.25) is 0 Å². The summed E-state index contributed by atoms with van der Waals surface area (Å²) in [6, 6.07) is 0.414. The molecule has 0 aromatic rings. The maximum absolute atomic E-state index is 10.00. The Balaban J connectivity index is 2.33. The standard InChI is InChI=1S/C13H29N3O/c1-4-5-15-6-8-16(9-7-15)12(2)10-13(3,17)11-14/h12,17H,4-11,14H2,1-3H3. The Bertz CT molecular complexity index is 213. The van der Waals surface area contributed by atoms with Gasteiger partial charge in [0.1, 0.15) is 0 Å². The first-order chi connectivity index (χ1) is 7.98. The molecule has 17 heavy (non-hydrogen) atoms. The zero-order valence-electron chi connectivity index (χ0n) is 11.7. The Labute approximate surface area is 106 Å². The highest BCUT2D eigenvalue weighted by atomic mass is 16.3. The summed E-state index contributed by atoms with van der Waals surface area (Å²) in [6.07, 6.45) is 1.99. The van der Waals surface area contributed by atoms with E-state index in [2.05, 4.69) is 23.6 Å². The second-order valence-electron chi connectivity index (χ2n) is 5.63. The van der Waals surface area contributed by atoms with Gasteiger partial charge in [-0.25, -0.2) is 0 Å². The fraction of sp³-hybridized carbons (Fsp3) is 1.00. The summed E-state index contributed by atoms with van der Waals surface area (Å²) in [7, 11) is 0. The molecule has 2 atom stereocenters. The van der Waals surface area contributed by atoms with E-state index in [9.17, 15) is 5.11 Å². The zero-order chi connectivity index (χ0) is 12.9. The number of nitrogens with zero attached hydrogens (tertiary/aromatic N) is 2. The minimum atomic E-state index is -0.722. The summed E-state index contributed by atoms with van der Waals surface area (Å²) < 4.78 is 0. The largest absolute Gasteiger partial charge is 0.389 e. The fourth-order valence-corrected chi connectivity index (χ4v) is 2.59. The molecule has 0 aromatic heterocycles. The maximum Gasteiger partial charge on any atom is 0.0756 e. The molecule has 1 heterocycles. The number of nitrogens with two attached hydrogens (primary N) is 1. The van der Waals surface area contributed by atoms with Crippen LogP contribution in [0.5, 0.6) is 0 Å². The van der Waals surface area contributed by atoms with Crippen LogP contribution in [-0.2, 0) is 0 Å². The molecule has 0 aromatic carbocycles. The van der Waals surface area contributed by atoms with Crippen molar-refractivity contribution in [1.82, 2.24) is 9.80 Å². The highest BCUT2D eigenvalue weighted by molar-refractivity contribution is 4.83. The second-order valence-corrected chi connectivity index (χ2v) is 5.63. The molecule has 0 saturated carbocycles. The van der Waals surface area contributed by atoms with Crippen molar-refractivity contribution in [2.24, 2.45) is 5.73 Å². The van der Waals surface area contributed by atoms with Crippen molar-refractivity contribution < 1.29 is 5.11 Å². The quantitative estimate of drug-likeness (QED) is 0.713.